The van der Waals surface area contributed by atoms with E-state index in [1.54, 1.807) is 5.57 Å². The van der Waals surface area contributed by atoms with E-state index in [4.69, 9.17) is 0 Å². The monoisotopic (exact) mass is 168 g/mol. The molecule has 0 saturated heterocycles. The molecule has 0 heteroatoms. The van der Waals surface area contributed by atoms with Crippen molar-refractivity contribution in [2.24, 2.45) is 0 Å². The van der Waals surface area contributed by atoms with Crippen LogP contribution in [-0.4, -0.2) is 0 Å². The van der Waals surface area contributed by atoms with Crippen LogP contribution < -0.4 is 0 Å². The van der Waals surface area contributed by atoms with Crippen LogP contribution in [0.4, 0.5) is 0 Å². The maximum Gasteiger partial charge on any atom is -0.0348 e. The topological polar surface area (TPSA) is 0 Å². The molecule has 0 radical (unpaired) electrons. The summed E-state index contributed by atoms with van der Waals surface area (Å²) in [5.74, 6) is 0. The van der Waals surface area contributed by atoms with E-state index in [0.29, 0.717) is 0 Å². The first kappa shape index (κ1) is 11.7. The third-order valence-corrected chi connectivity index (χ3v) is 2.36. The quantitative estimate of drug-likeness (QED) is 0.382. The second-order valence-corrected chi connectivity index (χ2v) is 3.61. The zero-order valence-corrected chi connectivity index (χ0v) is 9.03. The van der Waals surface area contributed by atoms with E-state index < -0.39 is 0 Å². The van der Waals surface area contributed by atoms with Crippen molar-refractivity contribution in [2.45, 2.75) is 65.7 Å². The van der Waals surface area contributed by atoms with Crippen molar-refractivity contribution >= 4 is 0 Å². The molecule has 0 N–H and O–H groups in total. The third-order valence-electron chi connectivity index (χ3n) is 2.36. The van der Waals surface area contributed by atoms with Gasteiger partial charge in [-0.3, -0.25) is 0 Å². The van der Waals surface area contributed by atoms with Gasteiger partial charge in [-0.2, -0.15) is 0 Å². The van der Waals surface area contributed by atoms with Crippen molar-refractivity contribution in [1.29, 1.82) is 0 Å². The average molecular weight is 168 g/mol. The van der Waals surface area contributed by atoms with Crippen LogP contribution in [-0.2, 0) is 0 Å². The van der Waals surface area contributed by atoms with Crippen molar-refractivity contribution in [3.8, 4) is 0 Å². The van der Waals surface area contributed by atoms with E-state index in [9.17, 15) is 0 Å². The molecule has 0 bridgehead atoms. The van der Waals surface area contributed by atoms with Crippen molar-refractivity contribution in [2.75, 3.05) is 0 Å². The zero-order chi connectivity index (χ0) is 9.23. The van der Waals surface area contributed by atoms with Gasteiger partial charge < -0.3 is 0 Å². The van der Waals surface area contributed by atoms with E-state index in [1.165, 1.54) is 44.9 Å². The Morgan fingerprint density at radius 1 is 1.00 bits per heavy atom. The molecule has 0 aromatic carbocycles. The molecule has 0 amide bonds. The highest BCUT2D eigenvalue weighted by Crippen LogP contribution is 2.07. The Labute approximate surface area is 78.1 Å². The lowest BCUT2D eigenvalue weighted by atomic mass is 10.1. The van der Waals surface area contributed by atoms with Crippen LogP contribution in [0.3, 0.4) is 0 Å². The van der Waals surface area contributed by atoms with Crippen LogP contribution in [0, 0.1) is 0 Å². The molecule has 0 aliphatic rings. The second-order valence-electron chi connectivity index (χ2n) is 3.61. The Morgan fingerprint density at radius 2 is 1.67 bits per heavy atom. The van der Waals surface area contributed by atoms with Gasteiger partial charge in [0.1, 0.15) is 0 Å². The molecule has 0 aromatic heterocycles. The van der Waals surface area contributed by atoms with Crippen LogP contribution in [0.2, 0.25) is 0 Å². The molecule has 0 atom stereocenters. The van der Waals surface area contributed by atoms with Crippen LogP contribution in [0.1, 0.15) is 65.7 Å². The summed E-state index contributed by atoms with van der Waals surface area (Å²) >= 11 is 0. The van der Waals surface area contributed by atoms with Gasteiger partial charge in [0.2, 0.25) is 0 Å². The Morgan fingerprint density at radius 3 is 2.25 bits per heavy atom. The summed E-state index contributed by atoms with van der Waals surface area (Å²) in [7, 11) is 0. The minimum Gasteiger partial charge on any atom is -0.0856 e. The Hall–Kier alpha value is -0.260. The standard InChI is InChI=1S/C12H24/c1-4-6-7-8-9-10-11-12(3)5-2/h11H,4-10H2,1-3H3/b12-11+. The lowest BCUT2D eigenvalue weighted by molar-refractivity contribution is 0.636. The molecule has 0 saturated carbocycles. The van der Waals surface area contributed by atoms with E-state index in [2.05, 4.69) is 26.8 Å². The molecule has 0 spiro atoms. The zero-order valence-electron chi connectivity index (χ0n) is 9.03. The van der Waals surface area contributed by atoms with Gasteiger partial charge in [0.05, 0.1) is 0 Å². The highest BCUT2D eigenvalue weighted by atomic mass is 13.9. The van der Waals surface area contributed by atoms with Gasteiger partial charge in [-0.15, -0.1) is 0 Å². The van der Waals surface area contributed by atoms with Crippen LogP contribution in [0.15, 0.2) is 11.6 Å². The average Bonchev–Trinajstić information content (AvgIpc) is 2.10. The molecule has 0 nitrogen and oxygen atoms in total. The molecule has 0 rings (SSSR count). The van der Waals surface area contributed by atoms with E-state index >= 15 is 0 Å². The van der Waals surface area contributed by atoms with Crippen molar-refractivity contribution in [3.63, 3.8) is 0 Å². The first-order valence-corrected chi connectivity index (χ1v) is 5.46. The van der Waals surface area contributed by atoms with Crippen LogP contribution in [0.5, 0.6) is 0 Å². The van der Waals surface area contributed by atoms with Gasteiger partial charge in [-0.1, -0.05) is 51.2 Å². The molecule has 12 heavy (non-hydrogen) atoms. The summed E-state index contributed by atoms with van der Waals surface area (Å²) < 4.78 is 0. The van der Waals surface area contributed by atoms with Gasteiger partial charge >= 0.3 is 0 Å². The van der Waals surface area contributed by atoms with Crippen LogP contribution in [0.25, 0.3) is 0 Å². The Bertz CT molecular complexity index is 111. The van der Waals surface area contributed by atoms with Crippen molar-refractivity contribution in [1.82, 2.24) is 0 Å². The second kappa shape index (κ2) is 8.83. The fourth-order valence-electron chi connectivity index (χ4n) is 1.24. The largest absolute Gasteiger partial charge is 0.0856 e. The van der Waals surface area contributed by atoms with Gasteiger partial charge in [0.15, 0.2) is 0 Å². The molecule has 0 unspecified atom stereocenters. The summed E-state index contributed by atoms with van der Waals surface area (Å²) in [5, 5.41) is 0. The lowest BCUT2D eigenvalue weighted by Crippen LogP contribution is -1.77. The number of hydrogen-bond acceptors (Lipinski definition) is 0. The molecular weight excluding hydrogens is 144 g/mol. The van der Waals surface area contributed by atoms with Gasteiger partial charge in [0.25, 0.3) is 0 Å². The molecule has 0 heterocycles. The first-order valence-electron chi connectivity index (χ1n) is 5.46. The maximum absolute atomic E-state index is 2.39. The lowest BCUT2D eigenvalue weighted by Gasteiger charge is -1.97. The highest BCUT2D eigenvalue weighted by Gasteiger charge is 1.87. The van der Waals surface area contributed by atoms with E-state index in [1.807, 2.05) is 0 Å². The summed E-state index contributed by atoms with van der Waals surface area (Å²) in [5.41, 5.74) is 1.55. The predicted octanol–water partition coefficient (Wildman–Crippen LogP) is 4.70. The minimum absolute atomic E-state index is 1.22. The van der Waals surface area contributed by atoms with E-state index in [0.717, 1.165) is 0 Å². The van der Waals surface area contributed by atoms with Gasteiger partial charge in [-0.05, 0) is 26.2 Å². The number of hydrogen-bond donors (Lipinski definition) is 0. The van der Waals surface area contributed by atoms with Gasteiger partial charge in [0, 0.05) is 0 Å². The summed E-state index contributed by atoms with van der Waals surface area (Å²) in [6, 6.07) is 0. The number of unbranched alkanes of at least 4 members (excludes halogenated alkanes) is 5. The van der Waals surface area contributed by atoms with Crippen molar-refractivity contribution < 1.29 is 0 Å². The maximum atomic E-state index is 2.39. The molecule has 0 aromatic rings. The Kier molecular flexibility index (Phi) is 8.64. The predicted molar refractivity (Wildman–Crippen MR) is 57.4 cm³/mol. The summed E-state index contributed by atoms with van der Waals surface area (Å²) in [6.07, 6.45) is 11.9. The Balaban J connectivity index is 3.10. The fraction of sp³-hybridized carbons (Fsp3) is 0.833. The molecule has 0 aliphatic heterocycles. The SMILES string of the molecule is CCCCCCC/C=C(\C)CC. The summed E-state index contributed by atoms with van der Waals surface area (Å²) in [4.78, 5) is 0. The molecule has 0 aliphatic carbocycles. The fourth-order valence-corrected chi connectivity index (χ4v) is 1.24. The number of allylic oxidation sites excluding steroid dienone is 2. The van der Waals surface area contributed by atoms with Crippen molar-refractivity contribution in [3.05, 3.63) is 11.6 Å². The molecule has 72 valence electrons. The first-order chi connectivity index (χ1) is 5.81. The normalized spacial score (nSPS) is 12.1. The minimum atomic E-state index is 1.22. The molecular formula is C12H24. The third kappa shape index (κ3) is 7.84. The van der Waals surface area contributed by atoms with E-state index in [-0.39, 0.29) is 0 Å². The smallest absolute Gasteiger partial charge is 0.0348 e. The number of rotatable bonds is 7. The summed E-state index contributed by atoms with van der Waals surface area (Å²) in [6.45, 7) is 6.72. The highest BCUT2D eigenvalue weighted by molar-refractivity contribution is 4.96. The molecule has 0 fully saturated rings. The van der Waals surface area contributed by atoms with Crippen LogP contribution >= 0.6 is 0 Å². The van der Waals surface area contributed by atoms with Gasteiger partial charge in [-0.25, -0.2) is 0 Å².